The van der Waals surface area contributed by atoms with Gasteiger partial charge in [-0.1, -0.05) is 11.6 Å². The molecule has 0 aliphatic carbocycles. The van der Waals surface area contributed by atoms with Gasteiger partial charge in [0.1, 0.15) is 5.84 Å². The van der Waals surface area contributed by atoms with Gasteiger partial charge in [0.25, 0.3) is 5.91 Å². The lowest BCUT2D eigenvalue weighted by molar-refractivity contribution is 0.0963. The number of carbonyl (C=O) groups excluding carboxylic acids is 1. The van der Waals surface area contributed by atoms with Crippen LogP contribution in [0.1, 0.15) is 10.4 Å². The van der Waals surface area contributed by atoms with Crippen molar-refractivity contribution in [3.8, 4) is 0 Å². The maximum atomic E-state index is 11.4. The average molecular weight is 260 g/mol. The Kier molecular flexibility index (Phi) is 4.58. The van der Waals surface area contributed by atoms with Gasteiger partial charge >= 0.3 is 0 Å². The Morgan fingerprint density at radius 2 is 2.25 bits per heavy atom. The zero-order chi connectivity index (χ0) is 12.1. The van der Waals surface area contributed by atoms with Gasteiger partial charge in [0.2, 0.25) is 0 Å². The molecule has 0 bridgehead atoms. The van der Waals surface area contributed by atoms with Crippen LogP contribution in [0.25, 0.3) is 0 Å². The second-order valence-corrected chi connectivity index (χ2v) is 3.65. The summed E-state index contributed by atoms with van der Waals surface area (Å²) in [6.45, 7) is 0. The molecule has 0 radical (unpaired) electrons. The second-order valence-electron chi connectivity index (χ2n) is 2.98. The summed E-state index contributed by atoms with van der Waals surface area (Å²) in [7, 11) is 1.53. The van der Waals surface area contributed by atoms with Crippen LogP contribution in [0.2, 0.25) is 5.02 Å². The standard InChI is InChI=1S/C10H11Cl2N3O/c1-14-10(16)7-4-6(2-3-8(7)12)15-9(13)5-11/h2-4H,5H2,1H3,(H2,13,15)(H,14,16). The Balaban J connectivity index is 3.12. The average Bonchev–Trinajstić information content (AvgIpc) is 2.30. The molecule has 4 nitrogen and oxygen atoms in total. The van der Waals surface area contributed by atoms with E-state index >= 15 is 0 Å². The Hall–Kier alpha value is -1.26. The summed E-state index contributed by atoms with van der Waals surface area (Å²) in [6.07, 6.45) is 0. The highest BCUT2D eigenvalue weighted by Crippen LogP contribution is 2.22. The number of hydrogen-bond acceptors (Lipinski definition) is 2. The highest BCUT2D eigenvalue weighted by Gasteiger charge is 2.09. The van der Waals surface area contributed by atoms with E-state index in [0.29, 0.717) is 16.3 Å². The Morgan fingerprint density at radius 1 is 1.56 bits per heavy atom. The molecule has 3 N–H and O–H groups in total. The summed E-state index contributed by atoms with van der Waals surface area (Å²) < 4.78 is 0. The van der Waals surface area contributed by atoms with Crippen molar-refractivity contribution >= 4 is 40.6 Å². The van der Waals surface area contributed by atoms with Crippen molar-refractivity contribution in [3.05, 3.63) is 28.8 Å². The number of hydrogen-bond donors (Lipinski definition) is 2. The minimum atomic E-state index is -0.272. The van der Waals surface area contributed by atoms with E-state index in [1.165, 1.54) is 7.05 Å². The van der Waals surface area contributed by atoms with Crippen molar-refractivity contribution < 1.29 is 4.79 Å². The number of carbonyl (C=O) groups is 1. The van der Waals surface area contributed by atoms with Gasteiger partial charge in [0.15, 0.2) is 0 Å². The van der Waals surface area contributed by atoms with E-state index in [1.807, 2.05) is 0 Å². The molecule has 1 amide bonds. The summed E-state index contributed by atoms with van der Waals surface area (Å²) in [5.74, 6) is 0.149. The fourth-order valence-electron chi connectivity index (χ4n) is 1.09. The van der Waals surface area contributed by atoms with Crippen molar-refractivity contribution in [1.29, 1.82) is 0 Å². The summed E-state index contributed by atoms with van der Waals surface area (Å²) in [6, 6.07) is 4.81. The highest BCUT2D eigenvalue weighted by molar-refractivity contribution is 6.34. The summed E-state index contributed by atoms with van der Waals surface area (Å²) in [5, 5.41) is 2.85. The molecule has 0 aromatic heterocycles. The van der Waals surface area contributed by atoms with Gasteiger partial charge in [-0.15, -0.1) is 11.6 Å². The molecule has 86 valence electrons. The van der Waals surface area contributed by atoms with E-state index in [9.17, 15) is 4.79 Å². The zero-order valence-corrected chi connectivity index (χ0v) is 10.1. The van der Waals surface area contributed by atoms with E-state index in [-0.39, 0.29) is 17.6 Å². The van der Waals surface area contributed by atoms with E-state index in [1.54, 1.807) is 18.2 Å². The Morgan fingerprint density at radius 3 is 2.81 bits per heavy atom. The fraction of sp³-hybridized carbons (Fsp3) is 0.200. The minimum Gasteiger partial charge on any atom is -0.386 e. The number of rotatable bonds is 3. The molecule has 1 aromatic carbocycles. The number of amides is 1. The number of nitrogens with one attached hydrogen (secondary N) is 1. The molecule has 0 spiro atoms. The maximum Gasteiger partial charge on any atom is 0.252 e. The molecule has 0 heterocycles. The van der Waals surface area contributed by atoms with E-state index in [2.05, 4.69) is 10.3 Å². The van der Waals surface area contributed by atoms with Gasteiger partial charge in [-0.2, -0.15) is 0 Å². The van der Waals surface area contributed by atoms with Crippen LogP contribution in [0.3, 0.4) is 0 Å². The molecule has 6 heteroatoms. The number of aliphatic imine (C=N–C) groups is 1. The number of nitrogens with zero attached hydrogens (tertiary/aromatic N) is 1. The predicted molar refractivity (Wildman–Crippen MR) is 66.8 cm³/mol. The van der Waals surface area contributed by atoms with Crippen LogP contribution in [-0.4, -0.2) is 24.7 Å². The van der Waals surface area contributed by atoms with Crippen molar-refractivity contribution in [1.82, 2.24) is 5.32 Å². The van der Waals surface area contributed by atoms with Gasteiger partial charge < -0.3 is 11.1 Å². The summed E-state index contributed by atoms with van der Waals surface area (Å²) in [4.78, 5) is 15.5. The lowest BCUT2D eigenvalue weighted by Crippen LogP contribution is -2.18. The first-order valence-corrected chi connectivity index (χ1v) is 5.40. The molecular formula is C10H11Cl2N3O. The van der Waals surface area contributed by atoms with Crippen LogP contribution in [0.5, 0.6) is 0 Å². The van der Waals surface area contributed by atoms with Crippen LogP contribution < -0.4 is 11.1 Å². The minimum absolute atomic E-state index is 0.137. The number of alkyl halides is 1. The molecule has 0 fully saturated rings. The molecule has 0 aliphatic heterocycles. The van der Waals surface area contributed by atoms with Crippen LogP contribution in [-0.2, 0) is 0 Å². The van der Waals surface area contributed by atoms with Gasteiger partial charge in [0.05, 0.1) is 22.2 Å². The predicted octanol–water partition coefficient (Wildman–Crippen LogP) is 1.93. The SMILES string of the molecule is CNC(=O)c1cc(N=C(N)CCl)ccc1Cl. The third-order valence-electron chi connectivity index (χ3n) is 1.83. The molecule has 0 saturated carbocycles. The number of halogens is 2. The smallest absolute Gasteiger partial charge is 0.252 e. The van der Waals surface area contributed by atoms with Crippen molar-refractivity contribution in [2.75, 3.05) is 12.9 Å². The highest BCUT2D eigenvalue weighted by atomic mass is 35.5. The molecule has 16 heavy (non-hydrogen) atoms. The van der Waals surface area contributed by atoms with Gasteiger partial charge in [0, 0.05) is 7.05 Å². The number of benzene rings is 1. The second kappa shape index (κ2) is 5.72. The quantitative estimate of drug-likeness (QED) is 0.495. The lowest BCUT2D eigenvalue weighted by Gasteiger charge is -2.04. The largest absolute Gasteiger partial charge is 0.386 e. The first kappa shape index (κ1) is 12.8. The van der Waals surface area contributed by atoms with Gasteiger partial charge in [-0.05, 0) is 18.2 Å². The van der Waals surface area contributed by atoms with Gasteiger partial charge in [-0.25, -0.2) is 4.99 Å². The molecule has 0 saturated heterocycles. The van der Waals surface area contributed by atoms with Crippen LogP contribution in [0, 0.1) is 0 Å². The van der Waals surface area contributed by atoms with Crippen LogP contribution in [0.15, 0.2) is 23.2 Å². The number of nitrogens with two attached hydrogens (primary N) is 1. The summed E-state index contributed by atoms with van der Waals surface area (Å²) in [5.41, 5.74) is 6.38. The normalized spacial score (nSPS) is 11.3. The topological polar surface area (TPSA) is 67.5 Å². The Labute approximate surface area is 103 Å². The first-order valence-electron chi connectivity index (χ1n) is 4.49. The first-order chi connectivity index (χ1) is 7.58. The molecule has 1 aromatic rings. The summed E-state index contributed by atoms with van der Waals surface area (Å²) >= 11 is 11.4. The lowest BCUT2D eigenvalue weighted by atomic mass is 10.2. The third kappa shape index (κ3) is 3.12. The van der Waals surface area contributed by atoms with Crippen LogP contribution in [0.4, 0.5) is 5.69 Å². The zero-order valence-electron chi connectivity index (χ0n) is 8.63. The van der Waals surface area contributed by atoms with Crippen molar-refractivity contribution in [2.45, 2.75) is 0 Å². The molecule has 0 aliphatic rings. The molecule has 1 rings (SSSR count). The van der Waals surface area contributed by atoms with E-state index < -0.39 is 0 Å². The molecule has 0 unspecified atom stereocenters. The van der Waals surface area contributed by atoms with Crippen LogP contribution >= 0.6 is 23.2 Å². The van der Waals surface area contributed by atoms with Crippen molar-refractivity contribution in [2.24, 2.45) is 10.7 Å². The maximum absolute atomic E-state index is 11.4. The third-order valence-corrected chi connectivity index (χ3v) is 2.43. The van der Waals surface area contributed by atoms with Crippen molar-refractivity contribution in [3.63, 3.8) is 0 Å². The Bertz CT molecular complexity index is 432. The molecule has 0 atom stereocenters. The van der Waals surface area contributed by atoms with Gasteiger partial charge in [-0.3, -0.25) is 4.79 Å². The molecular weight excluding hydrogens is 249 g/mol. The van der Waals surface area contributed by atoms with E-state index in [0.717, 1.165) is 0 Å². The number of amidine groups is 1. The fourth-order valence-corrected chi connectivity index (χ4v) is 1.35. The van der Waals surface area contributed by atoms with E-state index in [4.69, 9.17) is 28.9 Å². The monoisotopic (exact) mass is 259 g/mol.